The fraction of sp³-hybridized carbons (Fsp3) is 0.400. The molecule has 0 spiro atoms. The molecular formula is C25H33NO4. The Hall–Kier alpha value is -2.95. The molecule has 0 aliphatic carbocycles. The summed E-state index contributed by atoms with van der Waals surface area (Å²) in [7, 11) is 3.31. The average Bonchev–Trinajstić information content (AvgIpc) is 2.73. The van der Waals surface area contributed by atoms with Crippen molar-refractivity contribution in [2.45, 2.75) is 46.3 Å². The van der Waals surface area contributed by atoms with E-state index in [9.17, 15) is 4.79 Å². The lowest BCUT2D eigenvalue weighted by Crippen LogP contribution is -2.34. The molecule has 5 nitrogen and oxygen atoms in total. The normalized spacial score (nSPS) is 12.1. The van der Waals surface area contributed by atoms with Crippen LogP contribution in [0.1, 0.15) is 43.9 Å². The highest BCUT2D eigenvalue weighted by atomic mass is 16.5. The number of alkyl carbamates (subject to hydrolysis) is 1. The summed E-state index contributed by atoms with van der Waals surface area (Å²) in [6.07, 6.45) is 5.36. The Morgan fingerprint density at radius 1 is 1.03 bits per heavy atom. The first kappa shape index (κ1) is 23.3. The van der Waals surface area contributed by atoms with E-state index in [4.69, 9.17) is 14.2 Å². The van der Waals surface area contributed by atoms with Gasteiger partial charge in [0.25, 0.3) is 0 Å². The first-order chi connectivity index (χ1) is 14.4. The van der Waals surface area contributed by atoms with Crippen molar-refractivity contribution in [1.82, 2.24) is 5.32 Å². The van der Waals surface area contributed by atoms with Crippen LogP contribution in [-0.4, -0.2) is 26.4 Å². The quantitative estimate of drug-likeness (QED) is 0.551. The van der Waals surface area contributed by atoms with Gasteiger partial charge in [0, 0.05) is 11.6 Å². The Bertz CT molecular complexity index is 831. The van der Waals surface area contributed by atoms with Gasteiger partial charge in [-0.3, -0.25) is 0 Å². The maximum Gasteiger partial charge on any atom is 0.407 e. The van der Waals surface area contributed by atoms with Crippen molar-refractivity contribution in [3.63, 3.8) is 0 Å². The number of hydrogen-bond acceptors (Lipinski definition) is 4. The molecule has 0 bridgehead atoms. The maximum atomic E-state index is 12.1. The van der Waals surface area contributed by atoms with Gasteiger partial charge in [0.2, 0.25) is 0 Å². The van der Waals surface area contributed by atoms with E-state index in [-0.39, 0.29) is 12.6 Å². The van der Waals surface area contributed by atoms with Gasteiger partial charge in [-0.15, -0.1) is 0 Å². The Morgan fingerprint density at radius 2 is 1.73 bits per heavy atom. The smallest absolute Gasteiger partial charge is 0.407 e. The molecule has 2 aromatic carbocycles. The van der Waals surface area contributed by atoms with Gasteiger partial charge in [-0.2, -0.15) is 0 Å². The molecule has 0 aromatic heterocycles. The number of benzene rings is 2. The van der Waals surface area contributed by atoms with Gasteiger partial charge in [0.1, 0.15) is 18.1 Å². The zero-order valence-electron chi connectivity index (χ0n) is 18.6. The summed E-state index contributed by atoms with van der Waals surface area (Å²) >= 11 is 0. The molecule has 2 aromatic rings. The Labute approximate surface area is 180 Å². The SMILES string of the molecule is COc1cc(CC(C)NC(=O)OCc2ccccc2)c(OC)cc1/C=C/CC(C)C. The van der Waals surface area contributed by atoms with Crippen molar-refractivity contribution in [2.24, 2.45) is 5.92 Å². The van der Waals surface area contributed by atoms with E-state index in [1.54, 1.807) is 14.2 Å². The zero-order chi connectivity index (χ0) is 21.9. The number of ether oxygens (including phenoxy) is 3. The molecule has 0 saturated carbocycles. The number of carbonyl (C=O) groups excluding carboxylic acids is 1. The van der Waals surface area contributed by atoms with E-state index >= 15 is 0 Å². The van der Waals surface area contributed by atoms with Crippen molar-refractivity contribution in [2.75, 3.05) is 14.2 Å². The molecule has 0 heterocycles. The zero-order valence-corrected chi connectivity index (χ0v) is 18.6. The number of amides is 1. The maximum absolute atomic E-state index is 12.1. The third-order valence-electron chi connectivity index (χ3n) is 4.64. The summed E-state index contributed by atoms with van der Waals surface area (Å²) in [5.41, 5.74) is 2.89. The summed E-state index contributed by atoms with van der Waals surface area (Å²) < 4.78 is 16.5. The second-order valence-electron chi connectivity index (χ2n) is 7.75. The molecule has 0 aliphatic heterocycles. The number of rotatable bonds is 10. The summed E-state index contributed by atoms with van der Waals surface area (Å²) in [4.78, 5) is 12.1. The number of methoxy groups -OCH3 is 2. The van der Waals surface area contributed by atoms with Gasteiger partial charge in [-0.1, -0.05) is 56.3 Å². The van der Waals surface area contributed by atoms with Gasteiger partial charge in [-0.05, 0) is 48.9 Å². The van der Waals surface area contributed by atoms with Gasteiger partial charge >= 0.3 is 6.09 Å². The van der Waals surface area contributed by atoms with Crippen LogP contribution in [0.5, 0.6) is 11.5 Å². The largest absolute Gasteiger partial charge is 0.496 e. The van der Waals surface area contributed by atoms with Gasteiger partial charge in [0.05, 0.1) is 14.2 Å². The van der Waals surface area contributed by atoms with E-state index < -0.39 is 6.09 Å². The van der Waals surface area contributed by atoms with E-state index in [2.05, 4.69) is 31.3 Å². The van der Waals surface area contributed by atoms with Crippen LogP contribution in [0.4, 0.5) is 4.79 Å². The van der Waals surface area contributed by atoms with Gasteiger partial charge < -0.3 is 19.5 Å². The summed E-state index contributed by atoms with van der Waals surface area (Å²) in [6.45, 7) is 6.55. The molecule has 1 unspecified atom stereocenters. The highest BCUT2D eigenvalue weighted by molar-refractivity contribution is 5.67. The lowest BCUT2D eigenvalue weighted by Gasteiger charge is -2.18. The summed E-state index contributed by atoms with van der Waals surface area (Å²) in [5.74, 6) is 2.15. The molecule has 0 aliphatic rings. The van der Waals surface area contributed by atoms with Crippen molar-refractivity contribution >= 4 is 12.2 Å². The lowest BCUT2D eigenvalue weighted by molar-refractivity contribution is 0.136. The van der Waals surface area contributed by atoms with E-state index in [0.717, 1.165) is 34.6 Å². The topological polar surface area (TPSA) is 56.8 Å². The van der Waals surface area contributed by atoms with Crippen LogP contribution in [0, 0.1) is 5.92 Å². The number of hydrogen-bond donors (Lipinski definition) is 1. The molecule has 5 heteroatoms. The molecule has 0 fully saturated rings. The van der Waals surface area contributed by atoms with Gasteiger partial charge in [0.15, 0.2) is 0 Å². The van der Waals surface area contributed by atoms with Crippen LogP contribution in [0.2, 0.25) is 0 Å². The Morgan fingerprint density at radius 3 is 2.37 bits per heavy atom. The van der Waals surface area contributed by atoms with Crippen LogP contribution in [0.15, 0.2) is 48.5 Å². The van der Waals surface area contributed by atoms with Crippen LogP contribution >= 0.6 is 0 Å². The fourth-order valence-corrected chi connectivity index (χ4v) is 3.09. The average molecular weight is 412 g/mol. The molecule has 2 rings (SSSR count). The molecule has 30 heavy (non-hydrogen) atoms. The number of allylic oxidation sites excluding steroid dienone is 1. The van der Waals surface area contributed by atoms with Crippen LogP contribution in [-0.2, 0) is 17.8 Å². The predicted molar refractivity (Wildman–Crippen MR) is 121 cm³/mol. The first-order valence-electron chi connectivity index (χ1n) is 10.3. The first-order valence-corrected chi connectivity index (χ1v) is 10.3. The minimum absolute atomic E-state index is 0.130. The molecular weight excluding hydrogens is 378 g/mol. The van der Waals surface area contributed by atoms with Gasteiger partial charge in [-0.25, -0.2) is 4.79 Å². The monoisotopic (exact) mass is 411 g/mol. The molecule has 1 amide bonds. The second kappa shape index (κ2) is 11.9. The van der Waals surface area contributed by atoms with Crippen molar-refractivity contribution in [1.29, 1.82) is 0 Å². The summed E-state index contributed by atoms with van der Waals surface area (Å²) in [5, 5.41) is 2.88. The third-order valence-corrected chi connectivity index (χ3v) is 4.64. The third kappa shape index (κ3) is 7.47. The summed E-state index contributed by atoms with van der Waals surface area (Å²) in [6, 6.07) is 13.4. The van der Waals surface area contributed by atoms with E-state index in [1.165, 1.54) is 0 Å². The van der Waals surface area contributed by atoms with E-state index in [0.29, 0.717) is 12.3 Å². The fourth-order valence-electron chi connectivity index (χ4n) is 3.09. The van der Waals surface area contributed by atoms with Crippen molar-refractivity contribution in [3.8, 4) is 11.5 Å². The predicted octanol–water partition coefficient (Wildman–Crippen LogP) is 5.62. The Balaban J connectivity index is 2.01. The second-order valence-corrected chi connectivity index (χ2v) is 7.75. The molecule has 0 radical (unpaired) electrons. The minimum Gasteiger partial charge on any atom is -0.496 e. The molecule has 0 saturated heterocycles. The van der Waals surface area contributed by atoms with Crippen LogP contribution in [0.25, 0.3) is 6.08 Å². The highest BCUT2D eigenvalue weighted by Crippen LogP contribution is 2.31. The van der Waals surface area contributed by atoms with Crippen LogP contribution in [0.3, 0.4) is 0 Å². The molecule has 1 N–H and O–H groups in total. The molecule has 162 valence electrons. The van der Waals surface area contributed by atoms with Crippen molar-refractivity contribution in [3.05, 3.63) is 65.2 Å². The minimum atomic E-state index is -0.439. The lowest BCUT2D eigenvalue weighted by atomic mass is 10.0. The number of nitrogens with one attached hydrogen (secondary N) is 1. The number of carbonyl (C=O) groups is 1. The Kier molecular flexibility index (Phi) is 9.26. The van der Waals surface area contributed by atoms with Crippen molar-refractivity contribution < 1.29 is 19.0 Å². The van der Waals surface area contributed by atoms with E-state index in [1.807, 2.05) is 49.4 Å². The van der Waals surface area contributed by atoms with Crippen LogP contribution < -0.4 is 14.8 Å². The molecule has 1 atom stereocenters. The highest BCUT2D eigenvalue weighted by Gasteiger charge is 2.15. The standard InChI is InChI=1S/C25H33NO4/c1-18(2)10-9-13-21-15-24(29-5)22(16-23(21)28-4)14-19(3)26-25(27)30-17-20-11-7-6-8-12-20/h6-9,11-13,15-16,18-19H,10,14,17H2,1-5H3,(H,26,27)/b13-9+.